The van der Waals surface area contributed by atoms with E-state index >= 15 is 0 Å². The summed E-state index contributed by atoms with van der Waals surface area (Å²) >= 11 is 5.61. The van der Waals surface area contributed by atoms with Crippen molar-refractivity contribution < 1.29 is 4.39 Å². The van der Waals surface area contributed by atoms with Gasteiger partial charge in [-0.05, 0) is 18.9 Å². The maximum Gasteiger partial charge on any atom is 0.150 e. The highest BCUT2D eigenvalue weighted by Gasteiger charge is 2.19. The summed E-state index contributed by atoms with van der Waals surface area (Å²) in [6.07, 6.45) is 3.82. The molecule has 1 saturated carbocycles. The molecule has 1 aliphatic carbocycles. The minimum Gasteiger partial charge on any atom is -0.289 e. The van der Waals surface area contributed by atoms with E-state index in [9.17, 15) is 4.39 Å². The summed E-state index contributed by atoms with van der Waals surface area (Å²) < 4.78 is 13.2. The van der Waals surface area contributed by atoms with Crippen molar-refractivity contribution in [2.45, 2.75) is 18.9 Å². The molecule has 2 rings (SSSR count). The molecule has 1 aromatic carbocycles. The summed E-state index contributed by atoms with van der Waals surface area (Å²) in [5.41, 5.74) is 0.472. The van der Waals surface area contributed by atoms with Gasteiger partial charge in [0.15, 0.2) is 5.82 Å². The summed E-state index contributed by atoms with van der Waals surface area (Å²) in [6, 6.07) is 5.34. The number of rotatable bonds is 2. The lowest BCUT2D eigenvalue weighted by molar-refractivity contribution is 0.626. The summed E-state index contributed by atoms with van der Waals surface area (Å²) in [6.45, 7) is 0. The predicted octanol–water partition coefficient (Wildman–Crippen LogP) is 3.06. The molecule has 0 heterocycles. The standard InChI is InChI=1S/C10H9ClFN/c11-9-3-1-2-7(10(9)12)6-13-8-4-5-8/h1-3,6,8H,4-5H2. The smallest absolute Gasteiger partial charge is 0.150 e. The Morgan fingerprint density at radius 2 is 2.23 bits per heavy atom. The van der Waals surface area contributed by atoms with Crippen molar-refractivity contribution in [3.63, 3.8) is 0 Å². The van der Waals surface area contributed by atoms with E-state index in [0.717, 1.165) is 12.8 Å². The molecule has 1 aliphatic rings. The van der Waals surface area contributed by atoms with Crippen LogP contribution in [-0.2, 0) is 0 Å². The van der Waals surface area contributed by atoms with Crippen molar-refractivity contribution in [2.24, 2.45) is 4.99 Å². The lowest BCUT2D eigenvalue weighted by atomic mass is 10.2. The molecular formula is C10H9ClFN. The van der Waals surface area contributed by atoms with E-state index in [1.807, 2.05) is 0 Å². The molecule has 0 bridgehead atoms. The van der Waals surface area contributed by atoms with Crippen molar-refractivity contribution in [3.05, 3.63) is 34.6 Å². The van der Waals surface area contributed by atoms with Gasteiger partial charge in [0.2, 0.25) is 0 Å². The first-order valence-electron chi connectivity index (χ1n) is 4.24. The fourth-order valence-electron chi connectivity index (χ4n) is 1.03. The number of aliphatic imine (C=N–C) groups is 1. The highest BCUT2D eigenvalue weighted by atomic mass is 35.5. The molecule has 1 nitrogen and oxygen atoms in total. The first-order chi connectivity index (χ1) is 6.27. The Morgan fingerprint density at radius 1 is 1.46 bits per heavy atom. The van der Waals surface area contributed by atoms with Gasteiger partial charge in [-0.2, -0.15) is 0 Å². The molecule has 68 valence electrons. The van der Waals surface area contributed by atoms with Crippen LogP contribution in [0.3, 0.4) is 0 Å². The second-order valence-corrected chi connectivity index (χ2v) is 3.56. The topological polar surface area (TPSA) is 12.4 Å². The maximum absolute atomic E-state index is 13.2. The van der Waals surface area contributed by atoms with Crippen LogP contribution in [0.5, 0.6) is 0 Å². The summed E-state index contributed by atoms with van der Waals surface area (Å²) in [7, 11) is 0. The van der Waals surface area contributed by atoms with Crippen molar-refractivity contribution in [2.75, 3.05) is 0 Å². The maximum atomic E-state index is 13.2. The highest BCUT2D eigenvalue weighted by molar-refractivity contribution is 6.31. The Morgan fingerprint density at radius 3 is 2.92 bits per heavy atom. The number of hydrogen-bond donors (Lipinski definition) is 0. The fraction of sp³-hybridized carbons (Fsp3) is 0.300. The Kier molecular flexibility index (Phi) is 2.32. The van der Waals surface area contributed by atoms with Crippen molar-refractivity contribution >= 4 is 17.8 Å². The van der Waals surface area contributed by atoms with E-state index in [2.05, 4.69) is 4.99 Å². The average molecular weight is 198 g/mol. The van der Waals surface area contributed by atoms with E-state index in [-0.39, 0.29) is 10.8 Å². The average Bonchev–Trinajstić information content (AvgIpc) is 2.91. The first-order valence-corrected chi connectivity index (χ1v) is 4.62. The molecule has 3 heteroatoms. The second kappa shape index (κ2) is 3.46. The molecule has 0 unspecified atom stereocenters. The quantitative estimate of drug-likeness (QED) is 0.647. The monoisotopic (exact) mass is 197 g/mol. The van der Waals surface area contributed by atoms with Crippen LogP contribution in [0.4, 0.5) is 4.39 Å². The largest absolute Gasteiger partial charge is 0.289 e. The minimum atomic E-state index is -0.381. The molecule has 1 aromatic rings. The van der Waals surface area contributed by atoms with Crippen LogP contribution in [0.1, 0.15) is 18.4 Å². The lowest BCUT2D eigenvalue weighted by Gasteiger charge is -1.97. The van der Waals surface area contributed by atoms with Gasteiger partial charge in [0.05, 0.1) is 11.1 Å². The van der Waals surface area contributed by atoms with Gasteiger partial charge >= 0.3 is 0 Å². The Hall–Kier alpha value is -0.890. The summed E-state index contributed by atoms with van der Waals surface area (Å²) in [4.78, 5) is 4.18. The molecule has 13 heavy (non-hydrogen) atoms. The van der Waals surface area contributed by atoms with Gasteiger partial charge < -0.3 is 0 Å². The molecule has 0 saturated heterocycles. The molecule has 0 atom stereocenters. The number of benzene rings is 1. The van der Waals surface area contributed by atoms with E-state index < -0.39 is 0 Å². The van der Waals surface area contributed by atoms with Gasteiger partial charge in [0.1, 0.15) is 0 Å². The zero-order valence-corrected chi connectivity index (χ0v) is 7.76. The third-order valence-corrected chi connectivity index (χ3v) is 2.24. The van der Waals surface area contributed by atoms with E-state index in [0.29, 0.717) is 11.6 Å². The van der Waals surface area contributed by atoms with Crippen LogP contribution in [0, 0.1) is 5.82 Å². The summed E-state index contributed by atoms with van der Waals surface area (Å²) in [5.74, 6) is -0.381. The van der Waals surface area contributed by atoms with Crippen LogP contribution < -0.4 is 0 Å². The zero-order valence-electron chi connectivity index (χ0n) is 7.00. The third-order valence-electron chi connectivity index (χ3n) is 1.95. The molecule has 0 spiro atoms. The van der Waals surface area contributed by atoms with E-state index in [1.54, 1.807) is 18.3 Å². The molecule has 0 N–H and O–H groups in total. The van der Waals surface area contributed by atoms with Gasteiger partial charge in [-0.1, -0.05) is 23.7 Å². The van der Waals surface area contributed by atoms with Crippen LogP contribution in [-0.4, -0.2) is 12.3 Å². The third kappa shape index (κ3) is 2.07. The van der Waals surface area contributed by atoms with Crippen molar-refractivity contribution in [1.82, 2.24) is 0 Å². The second-order valence-electron chi connectivity index (χ2n) is 3.15. The van der Waals surface area contributed by atoms with Crippen LogP contribution >= 0.6 is 11.6 Å². The molecule has 0 aromatic heterocycles. The molecule has 1 fully saturated rings. The fourth-order valence-corrected chi connectivity index (χ4v) is 1.21. The Balaban J connectivity index is 2.23. The van der Waals surface area contributed by atoms with E-state index in [4.69, 9.17) is 11.6 Å². The Bertz CT molecular complexity index is 345. The molecular weight excluding hydrogens is 189 g/mol. The van der Waals surface area contributed by atoms with Gasteiger partial charge in [-0.25, -0.2) is 4.39 Å². The lowest BCUT2D eigenvalue weighted by Crippen LogP contribution is -1.89. The van der Waals surface area contributed by atoms with Crippen molar-refractivity contribution in [3.8, 4) is 0 Å². The normalized spacial score (nSPS) is 16.8. The highest BCUT2D eigenvalue weighted by Crippen LogP contribution is 2.24. The summed E-state index contributed by atoms with van der Waals surface area (Å²) in [5, 5.41) is 0.153. The van der Waals surface area contributed by atoms with Gasteiger partial charge in [0.25, 0.3) is 0 Å². The van der Waals surface area contributed by atoms with Gasteiger partial charge in [-0.15, -0.1) is 0 Å². The number of nitrogens with zero attached hydrogens (tertiary/aromatic N) is 1. The SMILES string of the molecule is Fc1c(Cl)cccc1C=NC1CC1. The van der Waals surface area contributed by atoms with E-state index in [1.165, 1.54) is 6.07 Å². The van der Waals surface area contributed by atoms with Crippen LogP contribution in [0.15, 0.2) is 23.2 Å². The van der Waals surface area contributed by atoms with Gasteiger partial charge in [0, 0.05) is 11.8 Å². The van der Waals surface area contributed by atoms with Crippen LogP contribution in [0.25, 0.3) is 0 Å². The zero-order chi connectivity index (χ0) is 9.26. The molecule has 0 amide bonds. The predicted molar refractivity (Wildman–Crippen MR) is 52.0 cm³/mol. The van der Waals surface area contributed by atoms with Crippen molar-refractivity contribution in [1.29, 1.82) is 0 Å². The molecule has 0 aliphatic heterocycles. The molecule has 0 radical (unpaired) electrons. The van der Waals surface area contributed by atoms with Gasteiger partial charge in [-0.3, -0.25) is 4.99 Å². The number of hydrogen-bond acceptors (Lipinski definition) is 1. The minimum absolute atomic E-state index is 0.153. The number of halogens is 2. The Labute approximate surface area is 81.2 Å². The first kappa shape index (κ1) is 8.70. The van der Waals surface area contributed by atoms with Crippen LogP contribution in [0.2, 0.25) is 5.02 Å².